The molecule has 0 aliphatic heterocycles. The van der Waals surface area contributed by atoms with Crippen LogP contribution in [-0.2, 0) is 17.6 Å². The third kappa shape index (κ3) is 3.33. The Labute approximate surface area is 157 Å². The van der Waals surface area contributed by atoms with Gasteiger partial charge in [-0.1, -0.05) is 18.2 Å². The number of hydrogen-bond acceptors (Lipinski definition) is 4. The minimum absolute atomic E-state index is 0.0179. The van der Waals surface area contributed by atoms with Crippen LogP contribution in [0.1, 0.15) is 51.8 Å². The number of carbonyl (C=O) groups excluding carboxylic acids is 2. The molecule has 5 heteroatoms. The highest BCUT2D eigenvalue weighted by Crippen LogP contribution is 2.32. The fourth-order valence-electron chi connectivity index (χ4n) is 3.57. The van der Waals surface area contributed by atoms with Gasteiger partial charge in [0, 0.05) is 10.9 Å². The van der Waals surface area contributed by atoms with Crippen molar-refractivity contribution in [2.24, 2.45) is 0 Å². The number of hydrogen-bond donors (Lipinski definition) is 1. The highest BCUT2D eigenvalue weighted by molar-refractivity contribution is 6.13. The molecule has 4 rings (SSSR count). The minimum Gasteiger partial charge on any atom is -0.460 e. The second-order valence-electron chi connectivity index (χ2n) is 6.67. The van der Waals surface area contributed by atoms with Crippen LogP contribution in [0.2, 0.25) is 0 Å². The fourth-order valence-corrected chi connectivity index (χ4v) is 3.57. The summed E-state index contributed by atoms with van der Waals surface area (Å²) in [6.07, 6.45) is 4.41. The molecular weight excluding hydrogens is 342 g/mol. The van der Waals surface area contributed by atoms with Gasteiger partial charge in [-0.15, -0.1) is 0 Å². The fraction of sp³-hybridized carbons (Fsp3) is 0.273. The number of amides is 1. The summed E-state index contributed by atoms with van der Waals surface area (Å²) in [5.74, 6) is -0.834. The lowest BCUT2D eigenvalue weighted by molar-refractivity contribution is 0.0494. The number of aryl methyl sites for hydroxylation is 2. The van der Waals surface area contributed by atoms with Crippen LogP contribution >= 0.6 is 0 Å². The molecule has 1 aromatic heterocycles. The van der Waals surface area contributed by atoms with E-state index in [1.807, 2.05) is 36.4 Å². The molecule has 0 bridgehead atoms. The molecule has 3 aromatic rings. The van der Waals surface area contributed by atoms with Gasteiger partial charge in [-0.25, -0.2) is 4.79 Å². The molecular formula is C22H21NO4. The average molecular weight is 363 g/mol. The number of anilines is 1. The third-order valence-electron chi connectivity index (χ3n) is 4.91. The number of carbonyl (C=O) groups is 2. The quantitative estimate of drug-likeness (QED) is 0.680. The van der Waals surface area contributed by atoms with E-state index in [4.69, 9.17) is 9.15 Å². The number of para-hydroxylation sites is 1. The molecule has 0 saturated carbocycles. The van der Waals surface area contributed by atoms with Crippen molar-refractivity contribution in [1.82, 2.24) is 0 Å². The number of nitrogens with one attached hydrogen (secondary N) is 1. The van der Waals surface area contributed by atoms with Gasteiger partial charge < -0.3 is 14.5 Å². The van der Waals surface area contributed by atoms with E-state index in [-0.39, 0.29) is 18.3 Å². The molecule has 0 fully saturated rings. The van der Waals surface area contributed by atoms with Crippen LogP contribution in [0.25, 0.3) is 11.0 Å². The Bertz CT molecular complexity index is 1020. The molecule has 1 amide bonds. The van der Waals surface area contributed by atoms with Crippen LogP contribution in [0.15, 0.2) is 46.9 Å². The molecule has 5 nitrogen and oxygen atoms in total. The van der Waals surface area contributed by atoms with Crippen LogP contribution in [0.5, 0.6) is 0 Å². The van der Waals surface area contributed by atoms with Gasteiger partial charge in [-0.2, -0.15) is 0 Å². The highest BCUT2D eigenvalue weighted by Gasteiger charge is 2.24. The van der Waals surface area contributed by atoms with Crippen molar-refractivity contribution in [2.75, 3.05) is 11.9 Å². The standard InChI is InChI=1S/C22H21NO4/c1-2-26-22(25)20-19(17-9-5-6-10-18(17)27-20)23-21(24)16-12-11-14-7-3-4-8-15(14)13-16/h5-6,9-13H,2-4,7-8H2,1H3,(H,23,24). The number of benzene rings is 2. The molecule has 0 radical (unpaired) electrons. The topological polar surface area (TPSA) is 68.5 Å². The number of furan rings is 1. The smallest absolute Gasteiger partial charge is 0.376 e. The van der Waals surface area contributed by atoms with E-state index in [0.29, 0.717) is 22.2 Å². The van der Waals surface area contributed by atoms with Crippen molar-refractivity contribution in [3.05, 3.63) is 64.9 Å². The second kappa shape index (κ2) is 7.27. The molecule has 0 unspecified atom stereocenters. The SMILES string of the molecule is CCOC(=O)c1oc2ccccc2c1NC(=O)c1ccc2c(c1)CCCC2. The van der Waals surface area contributed by atoms with Crippen LogP contribution in [0.3, 0.4) is 0 Å². The lowest BCUT2D eigenvalue weighted by Gasteiger charge is -2.16. The summed E-state index contributed by atoms with van der Waals surface area (Å²) < 4.78 is 10.7. The Morgan fingerprint density at radius 2 is 1.85 bits per heavy atom. The van der Waals surface area contributed by atoms with Gasteiger partial charge in [0.2, 0.25) is 5.76 Å². The molecule has 1 aliphatic carbocycles. The summed E-state index contributed by atoms with van der Waals surface area (Å²) in [7, 11) is 0. The first-order chi connectivity index (χ1) is 13.2. The number of rotatable bonds is 4. The minimum atomic E-state index is -0.588. The van der Waals surface area contributed by atoms with E-state index < -0.39 is 5.97 Å². The van der Waals surface area contributed by atoms with Gasteiger partial charge in [0.15, 0.2) is 0 Å². The maximum atomic E-state index is 12.9. The van der Waals surface area contributed by atoms with Crippen LogP contribution in [0.4, 0.5) is 5.69 Å². The van der Waals surface area contributed by atoms with Gasteiger partial charge in [0.05, 0.1) is 6.61 Å². The van der Waals surface area contributed by atoms with Gasteiger partial charge in [-0.05, 0) is 68.0 Å². The average Bonchev–Trinajstić information content (AvgIpc) is 3.06. The predicted octanol–water partition coefficient (Wildman–Crippen LogP) is 4.74. The Kier molecular flexibility index (Phi) is 4.67. The zero-order chi connectivity index (χ0) is 18.8. The lowest BCUT2D eigenvalue weighted by atomic mass is 9.90. The normalized spacial score (nSPS) is 13.2. The molecule has 138 valence electrons. The predicted molar refractivity (Wildman–Crippen MR) is 103 cm³/mol. The lowest BCUT2D eigenvalue weighted by Crippen LogP contribution is -2.16. The number of fused-ring (bicyclic) bond motifs is 2. The maximum absolute atomic E-state index is 12.9. The van der Waals surface area contributed by atoms with E-state index in [1.54, 1.807) is 13.0 Å². The monoisotopic (exact) mass is 363 g/mol. The molecule has 1 heterocycles. The first kappa shape index (κ1) is 17.3. The zero-order valence-corrected chi connectivity index (χ0v) is 15.2. The third-order valence-corrected chi connectivity index (χ3v) is 4.91. The maximum Gasteiger partial charge on any atom is 0.376 e. The Morgan fingerprint density at radius 3 is 2.67 bits per heavy atom. The van der Waals surface area contributed by atoms with E-state index in [2.05, 4.69) is 5.32 Å². The Balaban J connectivity index is 1.69. The van der Waals surface area contributed by atoms with Crippen molar-refractivity contribution < 1.29 is 18.7 Å². The van der Waals surface area contributed by atoms with Gasteiger partial charge in [0.1, 0.15) is 11.3 Å². The van der Waals surface area contributed by atoms with E-state index in [1.165, 1.54) is 17.5 Å². The van der Waals surface area contributed by atoms with Crippen LogP contribution in [-0.4, -0.2) is 18.5 Å². The van der Waals surface area contributed by atoms with Crippen molar-refractivity contribution in [2.45, 2.75) is 32.6 Å². The van der Waals surface area contributed by atoms with Crippen molar-refractivity contribution >= 4 is 28.5 Å². The summed E-state index contributed by atoms with van der Waals surface area (Å²) in [6.45, 7) is 1.96. The number of ether oxygens (including phenoxy) is 1. The molecule has 0 spiro atoms. The second-order valence-corrected chi connectivity index (χ2v) is 6.67. The van der Waals surface area contributed by atoms with Gasteiger partial charge in [-0.3, -0.25) is 4.79 Å². The number of esters is 1. The molecule has 1 N–H and O–H groups in total. The molecule has 0 saturated heterocycles. The van der Waals surface area contributed by atoms with E-state index in [0.717, 1.165) is 19.3 Å². The molecule has 0 atom stereocenters. The summed E-state index contributed by atoms with van der Waals surface area (Å²) >= 11 is 0. The Morgan fingerprint density at radius 1 is 1.07 bits per heavy atom. The summed E-state index contributed by atoms with van der Waals surface area (Å²) in [4.78, 5) is 25.1. The largest absolute Gasteiger partial charge is 0.460 e. The van der Waals surface area contributed by atoms with Crippen molar-refractivity contribution in [1.29, 1.82) is 0 Å². The molecule has 27 heavy (non-hydrogen) atoms. The van der Waals surface area contributed by atoms with Crippen LogP contribution in [0, 0.1) is 0 Å². The first-order valence-corrected chi connectivity index (χ1v) is 9.29. The van der Waals surface area contributed by atoms with Crippen molar-refractivity contribution in [3.8, 4) is 0 Å². The van der Waals surface area contributed by atoms with Crippen LogP contribution < -0.4 is 5.32 Å². The summed E-state index contributed by atoms with van der Waals surface area (Å²) in [5.41, 5.74) is 4.01. The van der Waals surface area contributed by atoms with E-state index >= 15 is 0 Å². The van der Waals surface area contributed by atoms with Gasteiger partial charge in [0.25, 0.3) is 5.91 Å². The molecule has 2 aromatic carbocycles. The summed E-state index contributed by atoms with van der Waals surface area (Å²) in [5, 5.41) is 3.54. The van der Waals surface area contributed by atoms with Crippen molar-refractivity contribution in [3.63, 3.8) is 0 Å². The summed E-state index contributed by atoms with van der Waals surface area (Å²) in [6, 6.07) is 13.0. The highest BCUT2D eigenvalue weighted by atomic mass is 16.5. The van der Waals surface area contributed by atoms with E-state index in [9.17, 15) is 9.59 Å². The zero-order valence-electron chi connectivity index (χ0n) is 15.2. The molecule has 1 aliphatic rings. The first-order valence-electron chi connectivity index (χ1n) is 9.29. The van der Waals surface area contributed by atoms with Gasteiger partial charge >= 0.3 is 5.97 Å². The Hall–Kier alpha value is -3.08.